The molecule has 4 heterocycles. The minimum atomic E-state index is -1.02. The van der Waals surface area contributed by atoms with E-state index in [0.29, 0.717) is 12.0 Å². The van der Waals surface area contributed by atoms with E-state index in [1.54, 1.807) is 0 Å². The first-order valence-corrected chi connectivity index (χ1v) is 14.5. The van der Waals surface area contributed by atoms with Gasteiger partial charge in [-0.05, 0) is 67.5 Å². The first kappa shape index (κ1) is 23.9. The van der Waals surface area contributed by atoms with Gasteiger partial charge in [0, 0.05) is 35.5 Å². The fourth-order valence-electron chi connectivity index (χ4n) is 6.10. The van der Waals surface area contributed by atoms with Crippen LogP contribution in [0, 0.1) is 5.92 Å². The molecule has 3 atom stereocenters. The van der Waals surface area contributed by atoms with Crippen molar-refractivity contribution in [3.05, 3.63) is 59.8 Å². The number of likely N-dealkylation sites (tertiary alicyclic amines) is 1. The Hall–Kier alpha value is -2.42. The molecule has 0 amide bonds. The Morgan fingerprint density at radius 1 is 1.08 bits per heavy atom. The Bertz CT molecular complexity index is 1310. The van der Waals surface area contributed by atoms with Crippen molar-refractivity contribution in [2.75, 3.05) is 13.1 Å². The number of halogens is 1. The number of aromatic nitrogens is 4. The Labute approximate surface area is 219 Å². The lowest BCUT2D eigenvalue weighted by Gasteiger charge is -2.42. The Kier molecular flexibility index (Phi) is 6.52. The molecule has 0 spiro atoms. The van der Waals surface area contributed by atoms with Crippen LogP contribution in [-0.4, -0.2) is 53.2 Å². The number of piperidine rings is 1. The van der Waals surface area contributed by atoms with Crippen molar-refractivity contribution in [2.24, 2.45) is 10.9 Å². The van der Waals surface area contributed by atoms with Gasteiger partial charge in [-0.15, -0.1) is 0 Å². The molecule has 6 rings (SSSR count). The highest BCUT2D eigenvalue weighted by atomic mass is 35.5. The summed E-state index contributed by atoms with van der Waals surface area (Å²) in [6, 6.07) is 10.2. The normalized spacial score (nSPS) is 25.2. The zero-order valence-electron chi connectivity index (χ0n) is 20.5. The summed E-state index contributed by atoms with van der Waals surface area (Å²) >= 11 is 6.50. The Morgan fingerprint density at radius 3 is 2.53 bits per heavy atom. The molecule has 2 aromatic heterocycles. The molecule has 2 aliphatic heterocycles. The van der Waals surface area contributed by atoms with Gasteiger partial charge in [-0.3, -0.25) is 14.1 Å². The van der Waals surface area contributed by atoms with Crippen LogP contribution in [0.1, 0.15) is 57.2 Å². The summed E-state index contributed by atoms with van der Waals surface area (Å²) in [6.45, 7) is 3.78. The van der Waals surface area contributed by atoms with Crippen molar-refractivity contribution in [1.82, 2.24) is 24.4 Å². The number of benzene rings is 1. The molecule has 188 valence electrons. The van der Waals surface area contributed by atoms with Gasteiger partial charge in [-0.2, -0.15) is 4.98 Å². The van der Waals surface area contributed by atoms with E-state index in [9.17, 15) is 4.21 Å². The van der Waals surface area contributed by atoms with Crippen molar-refractivity contribution in [3.63, 3.8) is 0 Å². The highest BCUT2D eigenvalue weighted by molar-refractivity contribution is 7.85. The monoisotopic (exact) mass is 522 g/mol. The fraction of sp³-hybridized carbons (Fsp3) is 0.481. The minimum Gasteiger partial charge on any atom is -0.312 e. The van der Waals surface area contributed by atoms with Gasteiger partial charge < -0.3 is 4.57 Å². The van der Waals surface area contributed by atoms with Crippen LogP contribution in [0.3, 0.4) is 0 Å². The number of nitrogens with zero attached hydrogens (tertiary/aromatic N) is 6. The molecule has 1 aliphatic carbocycles. The molecule has 1 saturated heterocycles. The molecule has 1 saturated carbocycles. The number of rotatable bonds is 6. The number of hydrogen-bond acceptors (Lipinski definition) is 6. The van der Waals surface area contributed by atoms with Gasteiger partial charge in [-0.1, -0.05) is 38.0 Å². The molecule has 2 fully saturated rings. The largest absolute Gasteiger partial charge is 0.312 e. The molecular weight excluding hydrogens is 492 g/mol. The van der Waals surface area contributed by atoms with Crippen LogP contribution in [0.5, 0.6) is 0 Å². The molecular formula is C27H31ClN6OS. The molecule has 0 radical (unpaired) electrons. The quantitative estimate of drug-likeness (QED) is 0.411. The number of allylic oxidation sites excluding steroid dienone is 1. The SMILES string of the molecule is CC(C1CCN(C2(c3nc(Cl)nc4c3ncn4C3CCCC3)C=CC=N2)CC1)S(=O)c1ccccc1. The van der Waals surface area contributed by atoms with E-state index >= 15 is 0 Å². The first-order valence-electron chi connectivity index (χ1n) is 12.9. The van der Waals surface area contributed by atoms with Crippen molar-refractivity contribution < 1.29 is 4.21 Å². The van der Waals surface area contributed by atoms with Crippen molar-refractivity contribution in [3.8, 4) is 0 Å². The van der Waals surface area contributed by atoms with Crippen LogP contribution >= 0.6 is 11.6 Å². The first-order chi connectivity index (χ1) is 17.6. The van der Waals surface area contributed by atoms with E-state index in [2.05, 4.69) is 27.5 Å². The van der Waals surface area contributed by atoms with E-state index < -0.39 is 16.5 Å². The lowest BCUT2D eigenvalue weighted by molar-refractivity contribution is 0.0866. The van der Waals surface area contributed by atoms with E-state index in [1.807, 2.05) is 48.9 Å². The third kappa shape index (κ3) is 4.13. The minimum absolute atomic E-state index is 0.0930. The Morgan fingerprint density at radius 2 is 1.83 bits per heavy atom. The molecule has 9 heteroatoms. The van der Waals surface area contributed by atoms with Crippen LogP contribution in [0.15, 0.2) is 58.7 Å². The third-order valence-electron chi connectivity index (χ3n) is 8.15. The van der Waals surface area contributed by atoms with Crippen LogP contribution in [-0.2, 0) is 16.5 Å². The van der Waals surface area contributed by atoms with Crippen LogP contribution in [0.25, 0.3) is 11.2 Å². The topological polar surface area (TPSA) is 76.3 Å². The second kappa shape index (κ2) is 9.80. The fourth-order valence-corrected chi connectivity index (χ4v) is 7.74. The smallest absolute Gasteiger partial charge is 0.224 e. The maximum atomic E-state index is 13.2. The summed E-state index contributed by atoms with van der Waals surface area (Å²) in [6.07, 6.45) is 14.5. The summed E-state index contributed by atoms with van der Waals surface area (Å²) in [5.74, 6) is 0.379. The molecule has 3 aliphatic rings. The van der Waals surface area contributed by atoms with Crippen molar-refractivity contribution in [1.29, 1.82) is 0 Å². The molecule has 3 aromatic rings. The average molecular weight is 523 g/mol. The number of aliphatic imine (C=N–C) groups is 1. The molecule has 1 aromatic carbocycles. The maximum Gasteiger partial charge on any atom is 0.224 e. The molecule has 0 N–H and O–H groups in total. The second-order valence-corrected chi connectivity index (χ2v) is 12.3. The number of imidazole rings is 1. The van der Waals surface area contributed by atoms with E-state index in [-0.39, 0.29) is 10.5 Å². The second-order valence-electron chi connectivity index (χ2n) is 10.1. The van der Waals surface area contributed by atoms with Gasteiger partial charge in [-0.25, -0.2) is 9.97 Å². The summed E-state index contributed by atoms with van der Waals surface area (Å²) in [4.78, 5) is 22.3. The van der Waals surface area contributed by atoms with E-state index in [0.717, 1.165) is 60.5 Å². The highest BCUT2D eigenvalue weighted by Gasteiger charge is 2.44. The van der Waals surface area contributed by atoms with Gasteiger partial charge in [0.15, 0.2) is 11.3 Å². The summed E-state index contributed by atoms with van der Waals surface area (Å²) < 4.78 is 15.4. The van der Waals surface area contributed by atoms with Crippen LogP contribution in [0.2, 0.25) is 5.28 Å². The summed E-state index contributed by atoms with van der Waals surface area (Å²) in [5, 5.41) is 0.323. The van der Waals surface area contributed by atoms with Gasteiger partial charge in [0.05, 0.1) is 17.1 Å². The molecule has 7 nitrogen and oxygen atoms in total. The third-order valence-corrected chi connectivity index (χ3v) is 10.1. The van der Waals surface area contributed by atoms with Crippen LogP contribution in [0.4, 0.5) is 0 Å². The van der Waals surface area contributed by atoms with Gasteiger partial charge >= 0.3 is 0 Å². The maximum absolute atomic E-state index is 13.2. The number of fused-ring (bicyclic) bond motifs is 1. The lowest BCUT2D eigenvalue weighted by Crippen LogP contribution is -2.49. The predicted octanol–water partition coefficient (Wildman–Crippen LogP) is 5.30. The zero-order valence-corrected chi connectivity index (χ0v) is 22.0. The summed E-state index contributed by atoms with van der Waals surface area (Å²) in [5.41, 5.74) is 1.58. The highest BCUT2D eigenvalue weighted by Crippen LogP contribution is 2.41. The molecule has 0 bridgehead atoms. The van der Waals surface area contributed by atoms with Crippen molar-refractivity contribution in [2.45, 2.75) is 67.3 Å². The number of hydrogen-bond donors (Lipinski definition) is 0. The lowest BCUT2D eigenvalue weighted by atomic mass is 9.91. The predicted molar refractivity (Wildman–Crippen MR) is 144 cm³/mol. The Balaban J connectivity index is 1.28. The van der Waals surface area contributed by atoms with Gasteiger partial charge in [0.25, 0.3) is 0 Å². The van der Waals surface area contributed by atoms with Gasteiger partial charge in [0.1, 0.15) is 11.2 Å². The summed E-state index contributed by atoms with van der Waals surface area (Å²) in [7, 11) is -1.02. The average Bonchev–Trinajstić information content (AvgIpc) is 3.69. The standard InChI is InChI=1S/C27H31ClN6OS/c1-19(36(35)22-10-3-2-4-11-22)20-12-16-33(17-13-20)27(14-7-15-30-27)24-23-25(32-26(28)31-24)34(18-29-23)21-8-5-6-9-21/h2-4,7,10-11,14-15,18-21H,5-6,8-9,12-13,16-17H2,1H3. The van der Waals surface area contributed by atoms with Crippen molar-refractivity contribution >= 4 is 39.8 Å². The van der Waals surface area contributed by atoms with E-state index in [4.69, 9.17) is 26.6 Å². The van der Waals surface area contributed by atoms with Crippen LogP contribution < -0.4 is 0 Å². The zero-order chi connectivity index (χ0) is 24.7. The van der Waals surface area contributed by atoms with E-state index in [1.165, 1.54) is 12.8 Å². The van der Waals surface area contributed by atoms with Gasteiger partial charge in [0.2, 0.25) is 5.28 Å². The molecule has 3 unspecified atom stereocenters. The molecule has 36 heavy (non-hydrogen) atoms.